The van der Waals surface area contributed by atoms with Crippen molar-refractivity contribution in [1.29, 1.82) is 0 Å². The molecule has 2 aromatic rings. The lowest BCUT2D eigenvalue weighted by Crippen LogP contribution is -2.47. The number of nitrogens with zero attached hydrogens (tertiary/aromatic N) is 4. The largest absolute Gasteiger partial charge is 0.331 e. The standard InChI is InChI=1S/C20H27N5O2S/c1-14(15-8-5-4-6-9-15)12-17-22-23-19(28-17)21-18(26)16-10-7-11-25(13-16)20(27)24(2)3/h4-6,8-9,14,16H,7,10-13H2,1-3H3,(H,21,23,26)/t14-,16+/m0/s1. The normalized spacial score (nSPS) is 17.8. The van der Waals surface area contributed by atoms with E-state index in [9.17, 15) is 9.59 Å². The number of carbonyl (C=O) groups excluding carboxylic acids is 2. The number of benzene rings is 1. The molecule has 0 saturated carbocycles. The minimum absolute atomic E-state index is 0.0504. The third-order valence-electron chi connectivity index (χ3n) is 4.99. The van der Waals surface area contributed by atoms with E-state index in [0.29, 0.717) is 24.1 Å². The molecule has 1 saturated heterocycles. The van der Waals surface area contributed by atoms with Gasteiger partial charge in [-0.1, -0.05) is 48.6 Å². The van der Waals surface area contributed by atoms with Crippen LogP contribution in [0.25, 0.3) is 0 Å². The second kappa shape index (κ2) is 9.14. The second-order valence-electron chi connectivity index (χ2n) is 7.47. The van der Waals surface area contributed by atoms with Crippen molar-refractivity contribution >= 4 is 28.4 Å². The van der Waals surface area contributed by atoms with Crippen LogP contribution >= 0.6 is 11.3 Å². The predicted molar refractivity (Wildman–Crippen MR) is 110 cm³/mol. The molecule has 0 unspecified atom stereocenters. The van der Waals surface area contributed by atoms with Gasteiger partial charge in [-0.2, -0.15) is 0 Å². The number of hydrogen-bond donors (Lipinski definition) is 1. The van der Waals surface area contributed by atoms with Crippen LogP contribution in [0.4, 0.5) is 9.93 Å². The van der Waals surface area contributed by atoms with E-state index in [1.807, 2.05) is 18.2 Å². The number of aromatic nitrogens is 2. The van der Waals surface area contributed by atoms with Crippen molar-refractivity contribution in [3.8, 4) is 0 Å². The molecule has 0 bridgehead atoms. The highest BCUT2D eigenvalue weighted by Crippen LogP contribution is 2.25. The number of likely N-dealkylation sites (tertiary alicyclic amines) is 1. The number of amides is 3. The summed E-state index contributed by atoms with van der Waals surface area (Å²) in [5.74, 6) is 0.0324. The van der Waals surface area contributed by atoms with Crippen molar-refractivity contribution in [2.45, 2.75) is 32.1 Å². The highest BCUT2D eigenvalue weighted by molar-refractivity contribution is 7.15. The van der Waals surface area contributed by atoms with E-state index in [0.717, 1.165) is 24.3 Å². The molecule has 1 aromatic heterocycles. The molecule has 0 radical (unpaired) electrons. The van der Waals surface area contributed by atoms with E-state index in [1.165, 1.54) is 16.9 Å². The molecule has 1 aliphatic heterocycles. The third-order valence-corrected chi connectivity index (χ3v) is 5.85. The van der Waals surface area contributed by atoms with Crippen molar-refractivity contribution in [3.05, 3.63) is 40.9 Å². The monoisotopic (exact) mass is 401 g/mol. The number of nitrogens with one attached hydrogen (secondary N) is 1. The van der Waals surface area contributed by atoms with Crippen LogP contribution in [-0.4, -0.2) is 59.1 Å². The lowest BCUT2D eigenvalue weighted by molar-refractivity contribution is -0.121. The smallest absolute Gasteiger partial charge is 0.319 e. The Morgan fingerprint density at radius 1 is 1.29 bits per heavy atom. The van der Waals surface area contributed by atoms with Crippen LogP contribution in [0, 0.1) is 5.92 Å². The van der Waals surface area contributed by atoms with E-state index in [1.54, 1.807) is 23.9 Å². The highest BCUT2D eigenvalue weighted by atomic mass is 32.1. The predicted octanol–water partition coefficient (Wildman–Crippen LogP) is 3.22. The van der Waals surface area contributed by atoms with E-state index in [2.05, 4.69) is 34.6 Å². The van der Waals surface area contributed by atoms with Crippen molar-refractivity contribution in [1.82, 2.24) is 20.0 Å². The number of anilines is 1. The number of urea groups is 1. The quantitative estimate of drug-likeness (QED) is 0.834. The summed E-state index contributed by atoms with van der Waals surface area (Å²) in [5, 5.41) is 12.7. The Labute approximate surface area is 169 Å². The van der Waals surface area contributed by atoms with Gasteiger partial charge in [0, 0.05) is 33.6 Å². The number of hydrogen-bond acceptors (Lipinski definition) is 5. The van der Waals surface area contributed by atoms with Gasteiger partial charge in [0.1, 0.15) is 5.01 Å². The molecule has 2 atom stereocenters. The highest BCUT2D eigenvalue weighted by Gasteiger charge is 2.29. The van der Waals surface area contributed by atoms with Crippen LogP contribution in [0.3, 0.4) is 0 Å². The first kappa shape index (κ1) is 20.3. The van der Waals surface area contributed by atoms with E-state index in [4.69, 9.17) is 0 Å². The van der Waals surface area contributed by atoms with Gasteiger partial charge < -0.3 is 15.1 Å². The van der Waals surface area contributed by atoms with Crippen LogP contribution in [0.2, 0.25) is 0 Å². The maximum atomic E-state index is 12.6. The lowest BCUT2D eigenvalue weighted by Gasteiger charge is -2.33. The van der Waals surface area contributed by atoms with Crippen LogP contribution in [0.1, 0.15) is 36.3 Å². The molecule has 1 N–H and O–H groups in total. The molecule has 1 aliphatic rings. The Hall–Kier alpha value is -2.48. The first-order valence-corrected chi connectivity index (χ1v) is 10.4. The summed E-state index contributed by atoms with van der Waals surface area (Å²) in [6.45, 7) is 3.30. The van der Waals surface area contributed by atoms with Crippen molar-refractivity contribution in [2.24, 2.45) is 5.92 Å². The van der Waals surface area contributed by atoms with Crippen LogP contribution < -0.4 is 5.32 Å². The molecule has 3 rings (SSSR count). The molecule has 8 heteroatoms. The molecule has 0 spiro atoms. The van der Waals surface area contributed by atoms with Gasteiger partial charge in [-0.3, -0.25) is 4.79 Å². The molecule has 1 fully saturated rings. The van der Waals surface area contributed by atoms with Gasteiger partial charge in [0.05, 0.1) is 5.92 Å². The van der Waals surface area contributed by atoms with E-state index in [-0.39, 0.29) is 17.9 Å². The summed E-state index contributed by atoms with van der Waals surface area (Å²) in [6, 6.07) is 10.2. The Balaban J connectivity index is 1.55. The molecule has 0 aliphatic carbocycles. The molecule has 1 aromatic carbocycles. The maximum Gasteiger partial charge on any atom is 0.319 e. The minimum Gasteiger partial charge on any atom is -0.331 e. The minimum atomic E-state index is -0.215. The fourth-order valence-electron chi connectivity index (χ4n) is 3.40. The number of rotatable bonds is 5. The SMILES string of the molecule is C[C@@H](Cc1nnc(NC(=O)[C@@H]2CCCN(C(=O)N(C)C)C2)s1)c1ccccc1. The van der Waals surface area contributed by atoms with Crippen molar-refractivity contribution in [3.63, 3.8) is 0 Å². The van der Waals surface area contributed by atoms with Crippen LogP contribution in [0.5, 0.6) is 0 Å². The topological polar surface area (TPSA) is 78.4 Å². The summed E-state index contributed by atoms with van der Waals surface area (Å²) >= 11 is 1.42. The van der Waals surface area contributed by atoms with Crippen molar-refractivity contribution < 1.29 is 9.59 Å². The number of carbonyl (C=O) groups is 2. The molecule has 7 nitrogen and oxygen atoms in total. The van der Waals surface area contributed by atoms with Gasteiger partial charge in [0.25, 0.3) is 0 Å². The average Bonchev–Trinajstić information content (AvgIpc) is 3.14. The molecule has 2 heterocycles. The Morgan fingerprint density at radius 2 is 2.04 bits per heavy atom. The van der Waals surface area contributed by atoms with E-state index >= 15 is 0 Å². The fraction of sp³-hybridized carbons (Fsp3) is 0.500. The zero-order chi connectivity index (χ0) is 20.1. The Morgan fingerprint density at radius 3 is 2.75 bits per heavy atom. The summed E-state index contributed by atoms with van der Waals surface area (Å²) < 4.78 is 0. The van der Waals surface area contributed by atoms with Gasteiger partial charge in [-0.25, -0.2) is 4.79 Å². The zero-order valence-electron chi connectivity index (χ0n) is 16.6. The third kappa shape index (κ3) is 5.07. The molecule has 150 valence electrons. The van der Waals surface area contributed by atoms with E-state index < -0.39 is 0 Å². The van der Waals surface area contributed by atoms with Crippen LogP contribution in [0.15, 0.2) is 30.3 Å². The van der Waals surface area contributed by atoms with Gasteiger partial charge in [-0.15, -0.1) is 10.2 Å². The molecular formula is C20H27N5O2S. The fourth-order valence-corrected chi connectivity index (χ4v) is 4.27. The summed E-state index contributed by atoms with van der Waals surface area (Å²) in [6.07, 6.45) is 2.39. The first-order chi connectivity index (χ1) is 13.4. The van der Waals surface area contributed by atoms with Crippen LogP contribution in [-0.2, 0) is 11.2 Å². The molecule has 3 amide bonds. The second-order valence-corrected chi connectivity index (χ2v) is 8.53. The van der Waals surface area contributed by atoms with Gasteiger partial charge in [0.2, 0.25) is 11.0 Å². The average molecular weight is 402 g/mol. The summed E-state index contributed by atoms with van der Waals surface area (Å²) in [4.78, 5) is 28.1. The zero-order valence-corrected chi connectivity index (χ0v) is 17.4. The summed E-state index contributed by atoms with van der Waals surface area (Å²) in [7, 11) is 3.45. The van der Waals surface area contributed by atoms with Gasteiger partial charge in [0.15, 0.2) is 0 Å². The summed E-state index contributed by atoms with van der Waals surface area (Å²) in [5.41, 5.74) is 1.26. The van der Waals surface area contributed by atoms with Gasteiger partial charge in [-0.05, 0) is 24.3 Å². The lowest BCUT2D eigenvalue weighted by atomic mass is 9.97. The van der Waals surface area contributed by atoms with Gasteiger partial charge >= 0.3 is 6.03 Å². The molecular weight excluding hydrogens is 374 g/mol. The Bertz CT molecular complexity index is 808. The maximum absolute atomic E-state index is 12.6. The Kier molecular flexibility index (Phi) is 6.61. The molecule has 28 heavy (non-hydrogen) atoms. The number of piperidine rings is 1. The first-order valence-electron chi connectivity index (χ1n) is 9.58. The van der Waals surface area contributed by atoms with Crippen molar-refractivity contribution in [2.75, 3.05) is 32.5 Å².